The molecule has 1 atom stereocenters. The van der Waals surface area contributed by atoms with Crippen LogP contribution in [0.3, 0.4) is 0 Å². The summed E-state index contributed by atoms with van der Waals surface area (Å²) in [7, 11) is -3.74. The SMILES string of the molecule is Cc1ccc(S(=O)(=O)Nc2ccc(NC(=O)N[C@H](Cc3ccccc3)C(=O)O)cc2)cc1. The lowest BCUT2D eigenvalue weighted by Crippen LogP contribution is -2.44. The van der Waals surface area contributed by atoms with Crippen molar-refractivity contribution in [3.63, 3.8) is 0 Å². The molecule has 0 spiro atoms. The number of carboxylic acids is 1. The van der Waals surface area contributed by atoms with Crippen molar-refractivity contribution < 1.29 is 23.1 Å². The Morgan fingerprint density at radius 2 is 1.47 bits per heavy atom. The van der Waals surface area contributed by atoms with Gasteiger partial charge >= 0.3 is 12.0 Å². The van der Waals surface area contributed by atoms with Crippen LogP contribution in [0.2, 0.25) is 0 Å². The van der Waals surface area contributed by atoms with Gasteiger partial charge in [0.05, 0.1) is 4.90 Å². The van der Waals surface area contributed by atoms with E-state index in [1.807, 2.05) is 13.0 Å². The second-order valence-electron chi connectivity index (χ2n) is 7.17. The zero-order valence-corrected chi connectivity index (χ0v) is 18.1. The maximum Gasteiger partial charge on any atom is 0.326 e. The van der Waals surface area contributed by atoms with Crippen molar-refractivity contribution in [3.05, 3.63) is 90.0 Å². The van der Waals surface area contributed by atoms with Crippen LogP contribution in [0.1, 0.15) is 11.1 Å². The zero-order chi connectivity index (χ0) is 23.1. The van der Waals surface area contributed by atoms with Gasteiger partial charge in [-0.25, -0.2) is 18.0 Å². The third-order valence-corrected chi connectivity index (χ3v) is 6.01. The Bertz CT molecular complexity index is 1180. The van der Waals surface area contributed by atoms with Gasteiger partial charge in [-0.2, -0.15) is 0 Å². The Morgan fingerprint density at radius 1 is 0.875 bits per heavy atom. The van der Waals surface area contributed by atoms with Gasteiger partial charge in [0, 0.05) is 17.8 Å². The number of carbonyl (C=O) groups excluding carboxylic acids is 1. The van der Waals surface area contributed by atoms with E-state index in [-0.39, 0.29) is 11.3 Å². The lowest BCUT2D eigenvalue weighted by atomic mass is 10.1. The average Bonchev–Trinajstić information content (AvgIpc) is 2.75. The van der Waals surface area contributed by atoms with Crippen LogP contribution in [0, 0.1) is 6.92 Å². The molecular formula is C23H23N3O5S. The van der Waals surface area contributed by atoms with Crippen LogP contribution in [0.15, 0.2) is 83.8 Å². The fraction of sp³-hybridized carbons (Fsp3) is 0.130. The van der Waals surface area contributed by atoms with E-state index in [2.05, 4.69) is 15.4 Å². The van der Waals surface area contributed by atoms with Gasteiger partial charge in [0.15, 0.2) is 0 Å². The third-order valence-electron chi connectivity index (χ3n) is 4.61. The Morgan fingerprint density at radius 3 is 2.06 bits per heavy atom. The molecule has 0 unspecified atom stereocenters. The number of aryl methyl sites for hydroxylation is 1. The quantitative estimate of drug-likeness (QED) is 0.415. The molecule has 166 valence electrons. The van der Waals surface area contributed by atoms with Crippen molar-refractivity contribution >= 4 is 33.4 Å². The summed E-state index contributed by atoms with van der Waals surface area (Å²) in [6, 6.07) is 19.7. The third kappa shape index (κ3) is 6.32. The molecule has 9 heteroatoms. The van der Waals surface area contributed by atoms with Crippen molar-refractivity contribution in [2.24, 2.45) is 0 Å². The second kappa shape index (κ2) is 9.97. The molecule has 3 aromatic rings. The van der Waals surface area contributed by atoms with E-state index in [1.165, 1.54) is 36.4 Å². The minimum Gasteiger partial charge on any atom is -0.480 e. The smallest absolute Gasteiger partial charge is 0.326 e. The van der Waals surface area contributed by atoms with Crippen LogP contribution in [-0.2, 0) is 21.2 Å². The Balaban J connectivity index is 1.60. The fourth-order valence-corrected chi connectivity index (χ4v) is 3.99. The van der Waals surface area contributed by atoms with Crippen LogP contribution >= 0.6 is 0 Å². The van der Waals surface area contributed by atoms with Crippen LogP contribution in [0.25, 0.3) is 0 Å². The number of benzene rings is 3. The van der Waals surface area contributed by atoms with E-state index >= 15 is 0 Å². The number of aliphatic carboxylic acids is 1. The highest BCUT2D eigenvalue weighted by Crippen LogP contribution is 2.19. The summed E-state index contributed by atoms with van der Waals surface area (Å²) in [6.45, 7) is 1.87. The van der Waals surface area contributed by atoms with E-state index in [1.54, 1.807) is 36.4 Å². The monoisotopic (exact) mass is 453 g/mol. The van der Waals surface area contributed by atoms with Gasteiger partial charge in [-0.05, 0) is 48.9 Å². The second-order valence-corrected chi connectivity index (χ2v) is 8.86. The molecule has 3 rings (SSSR count). The first kappa shape index (κ1) is 22.8. The number of nitrogens with one attached hydrogen (secondary N) is 3. The molecule has 0 heterocycles. The molecule has 8 nitrogen and oxygen atoms in total. The predicted molar refractivity (Wildman–Crippen MR) is 122 cm³/mol. The maximum absolute atomic E-state index is 12.5. The van der Waals surface area contributed by atoms with Gasteiger partial charge in [-0.3, -0.25) is 4.72 Å². The first-order valence-corrected chi connectivity index (χ1v) is 11.2. The summed E-state index contributed by atoms with van der Waals surface area (Å²) < 4.78 is 27.4. The van der Waals surface area contributed by atoms with E-state index in [0.29, 0.717) is 11.4 Å². The maximum atomic E-state index is 12.5. The van der Waals surface area contributed by atoms with Crippen LogP contribution < -0.4 is 15.4 Å². The number of amides is 2. The number of urea groups is 1. The normalized spacial score (nSPS) is 11.9. The summed E-state index contributed by atoms with van der Waals surface area (Å²) in [5.41, 5.74) is 2.44. The van der Waals surface area contributed by atoms with Gasteiger partial charge in [-0.1, -0.05) is 48.0 Å². The molecule has 0 saturated heterocycles. The van der Waals surface area contributed by atoms with Gasteiger partial charge < -0.3 is 15.7 Å². The molecular weight excluding hydrogens is 430 g/mol. The minimum absolute atomic E-state index is 0.141. The lowest BCUT2D eigenvalue weighted by Gasteiger charge is -2.15. The van der Waals surface area contributed by atoms with Gasteiger partial charge in [-0.15, -0.1) is 0 Å². The molecule has 3 aromatic carbocycles. The van der Waals surface area contributed by atoms with Crippen LogP contribution in [0.5, 0.6) is 0 Å². The Kier molecular flexibility index (Phi) is 7.11. The number of carbonyl (C=O) groups is 2. The number of hydrogen-bond donors (Lipinski definition) is 4. The first-order chi connectivity index (χ1) is 15.2. The summed E-state index contributed by atoms with van der Waals surface area (Å²) >= 11 is 0. The van der Waals surface area contributed by atoms with E-state index in [4.69, 9.17) is 0 Å². The van der Waals surface area contributed by atoms with E-state index in [0.717, 1.165) is 11.1 Å². The summed E-state index contributed by atoms with van der Waals surface area (Å²) in [5.74, 6) is -1.15. The van der Waals surface area contributed by atoms with E-state index < -0.39 is 28.1 Å². The summed E-state index contributed by atoms with van der Waals surface area (Å²) in [5, 5.41) is 14.4. The first-order valence-electron chi connectivity index (χ1n) is 9.77. The molecule has 0 aliphatic carbocycles. The standard InChI is InChI=1S/C23H23N3O5S/c1-16-7-13-20(14-8-16)32(30,31)26-19-11-9-18(10-12-19)24-23(29)25-21(22(27)28)15-17-5-3-2-4-6-17/h2-14,21,26H,15H2,1H3,(H,27,28)(H2,24,25,29)/t21-/m1/s1. The predicted octanol–water partition coefficient (Wildman–Crippen LogP) is 3.61. The lowest BCUT2D eigenvalue weighted by molar-refractivity contribution is -0.139. The van der Waals surface area contributed by atoms with Crippen molar-refractivity contribution in [1.29, 1.82) is 0 Å². The topological polar surface area (TPSA) is 125 Å². The molecule has 0 aromatic heterocycles. The average molecular weight is 454 g/mol. The number of carboxylic acid groups (broad SMARTS) is 1. The highest BCUT2D eigenvalue weighted by Gasteiger charge is 2.20. The Labute approximate surface area is 186 Å². The highest BCUT2D eigenvalue weighted by molar-refractivity contribution is 7.92. The molecule has 32 heavy (non-hydrogen) atoms. The minimum atomic E-state index is -3.74. The van der Waals surface area contributed by atoms with Gasteiger partial charge in [0.1, 0.15) is 6.04 Å². The number of anilines is 2. The number of sulfonamides is 1. The van der Waals surface area contributed by atoms with Crippen molar-refractivity contribution in [2.45, 2.75) is 24.3 Å². The summed E-state index contributed by atoms with van der Waals surface area (Å²) in [6.07, 6.45) is 0.142. The van der Waals surface area contributed by atoms with Crippen LogP contribution in [0.4, 0.5) is 16.2 Å². The highest BCUT2D eigenvalue weighted by atomic mass is 32.2. The summed E-state index contributed by atoms with van der Waals surface area (Å²) in [4.78, 5) is 23.9. The number of rotatable bonds is 8. The Hall–Kier alpha value is -3.85. The van der Waals surface area contributed by atoms with Crippen LogP contribution in [-0.4, -0.2) is 31.6 Å². The van der Waals surface area contributed by atoms with E-state index in [9.17, 15) is 23.1 Å². The zero-order valence-electron chi connectivity index (χ0n) is 17.3. The molecule has 0 bridgehead atoms. The molecule has 2 amide bonds. The number of hydrogen-bond acceptors (Lipinski definition) is 4. The largest absolute Gasteiger partial charge is 0.480 e. The molecule has 4 N–H and O–H groups in total. The van der Waals surface area contributed by atoms with Gasteiger partial charge in [0.2, 0.25) is 0 Å². The molecule has 0 aliphatic heterocycles. The van der Waals surface area contributed by atoms with Crippen molar-refractivity contribution in [3.8, 4) is 0 Å². The van der Waals surface area contributed by atoms with Crippen molar-refractivity contribution in [1.82, 2.24) is 5.32 Å². The van der Waals surface area contributed by atoms with Crippen molar-refractivity contribution in [2.75, 3.05) is 10.0 Å². The molecule has 0 radical (unpaired) electrons. The molecule has 0 aliphatic rings. The molecule has 0 fully saturated rings. The molecule has 0 saturated carbocycles. The fourth-order valence-electron chi connectivity index (χ4n) is 2.93. The van der Waals surface area contributed by atoms with Gasteiger partial charge in [0.25, 0.3) is 10.0 Å².